The number of carbonyl (C=O) groups is 2. The summed E-state index contributed by atoms with van der Waals surface area (Å²) in [5, 5.41) is 9.77. The van der Waals surface area contributed by atoms with E-state index in [2.05, 4.69) is 11.7 Å². The van der Waals surface area contributed by atoms with E-state index in [1.165, 1.54) is 13.2 Å². The van der Waals surface area contributed by atoms with Gasteiger partial charge < -0.3 is 9.84 Å². The molecule has 0 aromatic rings. The fraction of sp³-hybridized carbons (Fsp3) is 0.556. The number of methoxy groups -OCH3 is 1. The van der Waals surface area contributed by atoms with Crippen LogP contribution in [0, 0.1) is 0 Å². The normalized spacial score (nSPS) is 13.2. The number of hydrogen-bond donors (Lipinski definition) is 1. The van der Waals surface area contributed by atoms with Crippen LogP contribution in [0.4, 0.5) is 0 Å². The van der Waals surface area contributed by atoms with Crippen LogP contribution in [0.5, 0.6) is 0 Å². The van der Waals surface area contributed by atoms with E-state index in [4.69, 9.17) is 0 Å². The highest BCUT2D eigenvalue weighted by Gasteiger charge is 2.07. The monoisotopic (exact) mass is 308 g/mol. The third kappa shape index (κ3) is 13.3. The first-order valence-corrected chi connectivity index (χ1v) is 7.87. The van der Waals surface area contributed by atoms with E-state index in [9.17, 15) is 14.7 Å². The molecule has 0 spiro atoms. The third-order valence-corrected chi connectivity index (χ3v) is 3.11. The van der Waals surface area contributed by atoms with E-state index in [1.54, 1.807) is 6.08 Å². The van der Waals surface area contributed by atoms with Crippen molar-refractivity contribution in [3.8, 4) is 0 Å². The number of rotatable bonds is 12. The third-order valence-electron chi connectivity index (χ3n) is 3.11. The molecule has 0 heterocycles. The van der Waals surface area contributed by atoms with Crippen LogP contribution in [0.1, 0.15) is 51.9 Å². The Hall–Kier alpha value is -1.68. The molecule has 0 bridgehead atoms. The molecule has 0 aromatic heterocycles. The lowest BCUT2D eigenvalue weighted by atomic mass is 10.0. The number of aliphatic hydroxyl groups is 1. The molecule has 0 aromatic carbocycles. The maximum Gasteiger partial charge on any atom is 0.305 e. The summed E-state index contributed by atoms with van der Waals surface area (Å²) in [5.41, 5.74) is 0. The Labute approximate surface area is 133 Å². The number of allylic oxidation sites excluding steroid dienone is 6. The summed E-state index contributed by atoms with van der Waals surface area (Å²) in [6, 6.07) is 0. The van der Waals surface area contributed by atoms with Crippen LogP contribution in [-0.2, 0) is 14.3 Å². The van der Waals surface area contributed by atoms with E-state index in [0.717, 1.165) is 12.8 Å². The van der Waals surface area contributed by atoms with Crippen molar-refractivity contribution in [2.75, 3.05) is 7.11 Å². The predicted octanol–water partition coefficient (Wildman–Crippen LogP) is 3.51. The van der Waals surface area contributed by atoms with E-state index < -0.39 is 6.10 Å². The minimum atomic E-state index is -0.488. The summed E-state index contributed by atoms with van der Waals surface area (Å²) < 4.78 is 4.54. The van der Waals surface area contributed by atoms with E-state index in [0.29, 0.717) is 32.1 Å². The summed E-state index contributed by atoms with van der Waals surface area (Å²) in [6.45, 7) is 2.06. The van der Waals surface area contributed by atoms with Crippen LogP contribution in [0.15, 0.2) is 36.5 Å². The van der Waals surface area contributed by atoms with Crippen LogP contribution in [-0.4, -0.2) is 30.1 Å². The van der Waals surface area contributed by atoms with Gasteiger partial charge in [0.25, 0.3) is 0 Å². The van der Waals surface area contributed by atoms with Crippen LogP contribution < -0.4 is 0 Å². The molecular formula is C18H28O4. The molecule has 1 atom stereocenters. The van der Waals surface area contributed by atoms with Gasteiger partial charge >= 0.3 is 5.97 Å². The van der Waals surface area contributed by atoms with Crippen LogP contribution >= 0.6 is 0 Å². The summed E-state index contributed by atoms with van der Waals surface area (Å²) in [4.78, 5) is 22.5. The van der Waals surface area contributed by atoms with Crippen molar-refractivity contribution >= 4 is 11.8 Å². The summed E-state index contributed by atoms with van der Waals surface area (Å²) >= 11 is 0. The molecule has 0 saturated carbocycles. The smallest absolute Gasteiger partial charge is 0.305 e. The van der Waals surface area contributed by atoms with E-state index in [-0.39, 0.29) is 11.8 Å². The highest BCUT2D eigenvalue weighted by Crippen LogP contribution is 2.09. The number of ketones is 1. The summed E-state index contributed by atoms with van der Waals surface area (Å²) in [6.07, 6.45) is 14.6. The molecule has 0 rings (SSSR count). The average molecular weight is 308 g/mol. The standard InChI is InChI=1S/C18H28O4/c1-3-4-5-6-7-8-11-16(19)14-15-17(20)12-9-10-13-18(21)22-2/h4-8,11,17,20H,3,9-10,12-15H2,1-2H3. The first-order chi connectivity index (χ1) is 10.6. The Balaban J connectivity index is 3.72. The second kappa shape index (κ2) is 14.3. The molecule has 0 radical (unpaired) electrons. The molecule has 4 heteroatoms. The fourth-order valence-electron chi connectivity index (χ4n) is 1.79. The van der Waals surface area contributed by atoms with E-state index in [1.807, 2.05) is 24.3 Å². The number of unbranched alkanes of at least 4 members (excludes halogenated alkanes) is 1. The van der Waals surface area contributed by atoms with Crippen molar-refractivity contribution in [3.63, 3.8) is 0 Å². The SMILES string of the molecule is CCC=CC=CC=CC(=O)CCC(O)CCCCC(=O)OC. The molecule has 1 N–H and O–H groups in total. The Kier molecular flexibility index (Phi) is 13.2. The summed E-state index contributed by atoms with van der Waals surface area (Å²) in [7, 11) is 1.37. The van der Waals surface area contributed by atoms with Crippen LogP contribution in [0.2, 0.25) is 0 Å². The van der Waals surface area contributed by atoms with Gasteiger partial charge in [0.1, 0.15) is 0 Å². The van der Waals surface area contributed by atoms with Crippen molar-refractivity contribution in [1.29, 1.82) is 0 Å². The lowest BCUT2D eigenvalue weighted by Gasteiger charge is -2.08. The van der Waals surface area contributed by atoms with Gasteiger partial charge in [-0.05, 0) is 31.8 Å². The van der Waals surface area contributed by atoms with Crippen LogP contribution in [0.25, 0.3) is 0 Å². The molecule has 0 saturated heterocycles. The zero-order valence-electron chi connectivity index (χ0n) is 13.7. The van der Waals surface area contributed by atoms with E-state index >= 15 is 0 Å². The topological polar surface area (TPSA) is 63.6 Å². The molecule has 0 aliphatic rings. The van der Waals surface area contributed by atoms with Gasteiger partial charge in [-0.25, -0.2) is 0 Å². The number of hydrogen-bond acceptors (Lipinski definition) is 4. The summed E-state index contributed by atoms with van der Waals surface area (Å²) in [5.74, 6) is -0.214. The Morgan fingerprint density at radius 1 is 1.05 bits per heavy atom. The molecule has 0 fully saturated rings. The number of aliphatic hydroxyl groups excluding tert-OH is 1. The zero-order valence-corrected chi connectivity index (χ0v) is 13.7. The van der Waals surface area contributed by atoms with Gasteiger partial charge in [0.2, 0.25) is 0 Å². The number of ether oxygens (including phenoxy) is 1. The zero-order chi connectivity index (χ0) is 16.6. The van der Waals surface area contributed by atoms with Gasteiger partial charge in [-0.1, -0.05) is 43.7 Å². The Morgan fingerprint density at radius 3 is 2.45 bits per heavy atom. The minimum Gasteiger partial charge on any atom is -0.469 e. The molecule has 124 valence electrons. The molecule has 0 aliphatic carbocycles. The first kappa shape index (κ1) is 20.3. The Morgan fingerprint density at radius 2 is 1.77 bits per heavy atom. The van der Waals surface area contributed by atoms with Gasteiger partial charge in [0, 0.05) is 12.8 Å². The van der Waals surface area contributed by atoms with Crippen molar-refractivity contribution in [2.45, 2.75) is 58.0 Å². The van der Waals surface area contributed by atoms with Crippen molar-refractivity contribution in [2.24, 2.45) is 0 Å². The highest BCUT2D eigenvalue weighted by atomic mass is 16.5. The van der Waals surface area contributed by atoms with Gasteiger partial charge in [-0.3, -0.25) is 9.59 Å². The predicted molar refractivity (Wildman–Crippen MR) is 88.4 cm³/mol. The first-order valence-electron chi connectivity index (χ1n) is 7.87. The number of esters is 1. The lowest BCUT2D eigenvalue weighted by molar-refractivity contribution is -0.140. The molecule has 1 unspecified atom stereocenters. The van der Waals surface area contributed by atoms with Crippen molar-refractivity contribution < 1.29 is 19.4 Å². The molecular weight excluding hydrogens is 280 g/mol. The van der Waals surface area contributed by atoms with Gasteiger partial charge in [0.05, 0.1) is 13.2 Å². The van der Waals surface area contributed by atoms with Crippen LogP contribution in [0.3, 0.4) is 0 Å². The molecule has 0 aliphatic heterocycles. The number of carbonyl (C=O) groups excluding carboxylic acids is 2. The maximum absolute atomic E-state index is 11.6. The van der Waals surface area contributed by atoms with Gasteiger partial charge in [-0.2, -0.15) is 0 Å². The highest BCUT2D eigenvalue weighted by molar-refractivity contribution is 5.89. The largest absolute Gasteiger partial charge is 0.469 e. The second-order valence-corrected chi connectivity index (χ2v) is 5.06. The van der Waals surface area contributed by atoms with Gasteiger partial charge in [-0.15, -0.1) is 0 Å². The van der Waals surface area contributed by atoms with Crippen molar-refractivity contribution in [1.82, 2.24) is 0 Å². The molecule has 22 heavy (non-hydrogen) atoms. The quantitative estimate of drug-likeness (QED) is 0.259. The maximum atomic E-state index is 11.6. The molecule has 4 nitrogen and oxygen atoms in total. The lowest BCUT2D eigenvalue weighted by Crippen LogP contribution is -2.09. The fourth-order valence-corrected chi connectivity index (χ4v) is 1.79. The average Bonchev–Trinajstić information content (AvgIpc) is 2.52. The Bertz CT molecular complexity index is 394. The minimum absolute atomic E-state index is 0.0118. The molecule has 0 amide bonds. The van der Waals surface area contributed by atoms with Gasteiger partial charge in [0.15, 0.2) is 5.78 Å². The van der Waals surface area contributed by atoms with Crippen molar-refractivity contribution in [3.05, 3.63) is 36.5 Å². The second-order valence-electron chi connectivity index (χ2n) is 5.06.